The summed E-state index contributed by atoms with van der Waals surface area (Å²) in [5, 5.41) is 10.6. The SMILES string of the molecule is Cc1ccn(CCc2ccccc2)c(=O)c1C(=O)N1C[C@H](O)[C@@H](N2CCCCC2)C1. The summed E-state index contributed by atoms with van der Waals surface area (Å²) in [6.45, 7) is 5.06. The first-order valence-corrected chi connectivity index (χ1v) is 11.0. The van der Waals surface area contributed by atoms with Crippen LogP contribution in [0.1, 0.15) is 40.7 Å². The number of amides is 1. The van der Waals surface area contributed by atoms with Crippen LogP contribution in [0, 0.1) is 6.92 Å². The molecule has 30 heavy (non-hydrogen) atoms. The molecule has 6 nitrogen and oxygen atoms in total. The smallest absolute Gasteiger partial charge is 0.263 e. The number of piperidine rings is 1. The fourth-order valence-corrected chi connectivity index (χ4v) is 4.70. The first-order chi connectivity index (χ1) is 14.5. The minimum Gasteiger partial charge on any atom is -0.390 e. The van der Waals surface area contributed by atoms with Crippen molar-refractivity contribution in [3.05, 3.63) is 69.6 Å². The third kappa shape index (κ3) is 4.35. The fourth-order valence-electron chi connectivity index (χ4n) is 4.70. The third-order valence-electron chi connectivity index (χ3n) is 6.48. The van der Waals surface area contributed by atoms with Crippen molar-refractivity contribution in [2.75, 3.05) is 26.2 Å². The fraction of sp³-hybridized carbons (Fsp3) is 0.500. The van der Waals surface area contributed by atoms with Gasteiger partial charge in [0.1, 0.15) is 5.56 Å². The van der Waals surface area contributed by atoms with Crippen molar-refractivity contribution in [1.82, 2.24) is 14.4 Å². The number of rotatable bonds is 5. The molecule has 0 saturated carbocycles. The topological polar surface area (TPSA) is 65.8 Å². The minimum atomic E-state index is -0.559. The summed E-state index contributed by atoms with van der Waals surface area (Å²) in [7, 11) is 0. The second kappa shape index (κ2) is 9.14. The predicted octanol–water partition coefficient (Wildman–Crippen LogP) is 2.07. The van der Waals surface area contributed by atoms with Crippen molar-refractivity contribution < 1.29 is 9.90 Å². The molecule has 1 N–H and O–H groups in total. The molecule has 2 atom stereocenters. The Morgan fingerprint density at radius 3 is 2.53 bits per heavy atom. The van der Waals surface area contributed by atoms with Gasteiger partial charge < -0.3 is 14.6 Å². The van der Waals surface area contributed by atoms with Gasteiger partial charge in [-0.25, -0.2) is 0 Å². The summed E-state index contributed by atoms with van der Waals surface area (Å²) in [5.74, 6) is -0.259. The highest BCUT2D eigenvalue weighted by Crippen LogP contribution is 2.22. The van der Waals surface area contributed by atoms with Crippen LogP contribution < -0.4 is 5.56 Å². The van der Waals surface area contributed by atoms with Crippen LogP contribution in [0.4, 0.5) is 0 Å². The summed E-state index contributed by atoms with van der Waals surface area (Å²) >= 11 is 0. The number of pyridine rings is 1. The first-order valence-electron chi connectivity index (χ1n) is 11.0. The Labute approximate surface area is 177 Å². The summed E-state index contributed by atoms with van der Waals surface area (Å²) < 4.78 is 1.63. The van der Waals surface area contributed by atoms with Crippen molar-refractivity contribution in [3.8, 4) is 0 Å². The Bertz CT molecular complexity index is 934. The van der Waals surface area contributed by atoms with Crippen LogP contribution in [-0.2, 0) is 13.0 Å². The van der Waals surface area contributed by atoms with E-state index in [1.54, 1.807) is 15.7 Å². The average molecular weight is 410 g/mol. The highest BCUT2D eigenvalue weighted by atomic mass is 16.3. The number of hydrogen-bond donors (Lipinski definition) is 1. The average Bonchev–Trinajstić information content (AvgIpc) is 3.16. The maximum Gasteiger partial charge on any atom is 0.263 e. The normalized spacial score (nSPS) is 22.4. The van der Waals surface area contributed by atoms with E-state index < -0.39 is 6.10 Å². The maximum atomic E-state index is 13.3. The molecule has 0 bridgehead atoms. The number of nitrogens with zero attached hydrogens (tertiary/aromatic N) is 3. The van der Waals surface area contributed by atoms with E-state index in [-0.39, 0.29) is 29.6 Å². The molecule has 0 aliphatic carbocycles. The van der Waals surface area contributed by atoms with E-state index in [2.05, 4.69) is 4.90 Å². The molecule has 1 aromatic carbocycles. The highest BCUT2D eigenvalue weighted by molar-refractivity contribution is 5.95. The number of aromatic nitrogens is 1. The predicted molar refractivity (Wildman–Crippen MR) is 117 cm³/mol. The van der Waals surface area contributed by atoms with Crippen LogP contribution in [0.2, 0.25) is 0 Å². The van der Waals surface area contributed by atoms with Crippen LogP contribution in [0.25, 0.3) is 0 Å². The molecule has 0 unspecified atom stereocenters. The van der Waals surface area contributed by atoms with Crippen molar-refractivity contribution in [2.45, 2.75) is 51.3 Å². The highest BCUT2D eigenvalue weighted by Gasteiger charge is 2.39. The number of benzene rings is 1. The lowest BCUT2D eigenvalue weighted by molar-refractivity contribution is 0.0702. The van der Waals surface area contributed by atoms with Gasteiger partial charge in [-0.2, -0.15) is 0 Å². The lowest BCUT2D eigenvalue weighted by Crippen LogP contribution is -2.46. The van der Waals surface area contributed by atoms with E-state index in [0.717, 1.165) is 37.9 Å². The third-order valence-corrected chi connectivity index (χ3v) is 6.48. The number of hydrogen-bond acceptors (Lipinski definition) is 4. The van der Waals surface area contributed by atoms with E-state index in [1.165, 1.54) is 6.42 Å². The van der Waals surface area contributed by atoms with E-state index in [1.807, 2.05) is 43.3 Å². The van der Waals surface area contributed by atoms with Crippen LogP contribution >= 0.6 is 0 Å². The van der Waals surface area contributed by atoms with E-state index in [9.17, 15) is 14.7 Å². The molecule has 3 heterocycles. The molecule has 1 amide bonds. The van der Waals surface area contributed by atoms with Gasteiger partial charge in [-0.1, -0.05) is 36.8 Å². The van der Waals surface area contributed by atoms with E-state index >= 15 is 0 Å². The largest absolute Gasteiger partial charge is 0.390 e. The molecule has 0 spiro atoms. The zero-order valence-electron chi connectivity index (χ0n) is 17.7. The molecule has 2 aromatic rings. The lowest BCUT2D eigenvalue weighted by atomic mass is 10.1. The van der Waals surface area contributed by atoms with E-state index in [0.29, 0.717) is 18.7 Å². The number of carbonyl (C=O) groups excluding carboxylic acids is 1. The molecule has 0 radical (unpaired) electrons. The molecule has 2 fully saturated rings. The summed E-state index contributed by atoms with van der Waals surface area (Å²) in [5.41, 5.74) is 1.84. The van der Waals surface area contributed by atoms with Gasteiger partial charge in [-0.05, 0) is 56.5 Å². The van der Waals surface area contributed by atoms with Crippen molar-refractivity contribution in [3.63, 3.8) is 0 Å². The number of aliphatic hydroxyl groups is 1. The quantitative estimate of drug-likeness (QED) is 0.821. The Morgan fingerprint density at radius 2 is 1.80 bits per heavy atom. The van der Waals surface area contributed by atoms with Crippen molar-refractivity contribution in [2.24, 2.45) is 0 Å². The number of aliphatic hydroxyl groups excluding tert-OH is 1. The molecule has 2 aliphatic heterocycles. The van der Waals surface area contributed by atoms with Gasteiger partial charge in [0.25, 0.3) is 11.5 Å². The van der Waals surface area contributed by atoms with Crippen LogP contribution in [-0.4, -0.2) is 63.7 Å². The Kier molecular flexibility index (Phi) is 6.35. The van der Waals surface area contributed by atoms with Gasteiger partial charge in [0, 0.05) is 25.8 Å². The van der Waals surface area contributed by atoms with Crippen molar-refractivity contribution >= 4 is 5.91 Å². The van der Waals surface area contributed by atoms with Crippen LogP contribution in [0.5, 0.6) is 0 Å². The number of carbonyl (C=O) groups is 1. The van der Waals surface area contributed by atoms with Crippen LogP contribution in [0.3, 0.4) is 0 Å². The number of aryl methyl sites for hydroxylation is 3. The van der Waals surface area contributed by atoms with Gasteiger partial charge in [-0.3, -0.25) is 14.5 Å². The molecular formula is C24H31N3O3. The standard InChI is InChI=1S/C24H31N3O3/c1-18-10-14-26(15-11-19-8-4-2-5-9-19)23(29)22(18)24(30)27-16-20(21(28)17-27)25-12-6-3-7-13-25/h2,4-5,8-10,14,20-21,28H,3,6-7,11-13,15-17H2,1H3/t20-,21-/m0/s1. The minimum absolute atomic E-state index is 0.0291. The molecule has 2 saturated heterocycles. The number of likely N-dealkylation sites (tertiary alicyclic amines) is 2. The zero-order chi connectivity index (χ0) is 21.1. The molecule has 160 valence electrons. The molecule has 6 heteroatoms. The Morgan fingerprint density at radius 1 is 1.07 bits per heavy atom. The molecule has 2 aliphatic rings. The summed E-state index contributed by atoms with van der Waals surface area (Å²) in [6.07, 6.45) is 5.45. The summed E-state index contributed by atoms with van der Waals surface area (Å²) in [4.78, 5) is 30.4. The van der Waals surface area contributed by atoms with Gasteiger partial charge in [0.2, 0.25) is 0 Å². The van der Waals surface area contributed by atoms with Gasteiger partial charge in [-0.15, -0.1) is 0 Å². The first kappa shape index (κ1) is 20.8. The lowest BCUT2D eigenvalue weighted by Gasteiger charge is -2.33. The number of β-amino-alcohol motifs (C(OH)–C–C–N with tert-alkyl or cyclic N) is 1. The van der Waals surface area contributed by atoms with E-state index in [4.69, 9.17) is 0 Å². The van der Waals surface area contributed by atoms with Gasteiger partial charge >= 0.3 is 0 Å². The van der Waals surface area contributed by atoms with Gasteiger partial charge in [0.15, 0.2) is 0 Å². The van der Waals surface area contributed by atoms with Gasteiger partial charge in [0.05, 0.1) is 12.1 Å². The second-order valence-corrected chi connectivity index (χ2v) is 8.55. The Balaban J connectivity index is 1.50. The monoisotopic (exact) mass is 409 g/mol. The summed E-state index contributed by atoms with van der Waals surface area (Å²) in [6, 6.07) is 11.8. The van der Waals surface area contributed by atoms with Crippen LogP contribution in [0.15, 0.2) is 47.4 Å². The molecule has 1 aromatic heterocycles. The zero-order valence-corrected chi connectivity index (χ0v) is 17.7. The Hall–Kier alpha value is -2.44. The van der Waals surface area contributed by atoms with Crippen molar-refractivity contribution in [1.29, 1.82) is 0 Å². The maximum absolute atomic E-state index is 13.3. The second-order valence-electron chi connectivity index (χ2n) is 8.55. The molecular weight excluding hydrogens is 378 g/mol. The molecule has 4 rings (SSSR count).